The van der Waals surface area contributed by atoms with Crippen LogP contribution in [0.4, 0.5) is 0 Å². The van der Waals surface area contributed by atoms with Gasteiger partial charge in [0.1, 0.15) is 0 Å². The number of hydrogen-bond donors (Lipinski definition) is 0. The average molecular weight is 153 g/mol. The molecule has 0 amide bonds. The summed E-state index contributed by atoms with van der Waals surface area (Å²) in [4.78, 5) is 10.4. The Balaban J connectivity index is 2.61. The van der Waals surface area contributed by atoms with Gasteiger partial charge in [-0.2, -0.15) is 0 Å². The number of rotatable bonds is 4. The molecule has 0 aliphatic heterocycles. The van der Waals surface area contributed by atoms with Crippen LogP contribution in [0.15, 0.2) is 18.3 Å². The molecule has 0 atom stereocenters. The van der Waals surface area contributed by atoms with E-state index in [1.54, 1.807) is 13.2 Å². The van der Waals surface area contributed by atoms with Crippen molar-refractivity contribution in [2.45, 2.75) is 6.54 Å². The monoisotopic (exact) mass is 153 g/mol. The molecule has 1 rings (SSSR count). The zero-order valence-corrected chi connectivity index (χ0v) is 6.49. The Labute approximate surface area is 65.6 Å². The number of hydrogen-bond acceptors (Lipinski definition) is 2. The van der Waals surface area contributed by atoms with Gasteiger partial charge in [0.15, 0.2) is 6.29 Å². The van der Waals surface area contributed by atoms with E-state index in [9.17, 15) is 4.79 Å². The molecular weight excluding hydrogens is 142 g/mol. The fraction of sp³-hybridized carbons (Fsp3) is 0.375. The topological polar surface area (TPSA) is 31.2 Å². The van der Waals surface area contributed by atoms with E-state index in [0.29, 0.717) is 12.3 Å². The molecule has 11 heavy (non-hydrogen) atoms. The molecule has 1 aromatic rings. The van der Waals surface area contributed by atoms with Gasteiger partial charge >= 0.3 is 0 Å². The maximum atomic E-state index is 10.4. The molecule has 0 saturated carbocycles. The molecule has 3 heteroatoms. The highest BCUT2D eigenvalue weighted by molar-refractivity contribution is 5.72. The number of aromatic nitrogens is 1. The van der Waals surface area contributed by atoms with E-state index in [1.165, 1.54) is 0 Å². The Morgan fingerprint density at radius 3 is 3.18 bits per heavy atom. The van der Waals surface area contributed by atoms with Crippen LogP contribution in [0.2, 0.25) is 0 Å². The van der Waals surface area contributed by atoms with Crippen molar-refractivity contribution < 1.29 is 9.53 Å². The van der Waals surface area contributed by atoms with E-state index >= 15 is 0 Å². The first-order chi connectivity index (χ1) is 5.38. The van der Waals surface area contributed by atoms with E-state index < -0.39 is 0 Å². The molecular formula is C8H11NO2. The highest BCUT2D eigenvalue weighted by atomic mass is 16.5. The van der Waals surface area contributed by atoms with Crippen LogP contribution < -0.4 is 0 Å². The molecule has 0 unspecified atom stereocenters. The van der Waals surface area contributed by atoms with Crippen molar-refractivity contribution in [2.75, 3.05) is 13.7 Å². The summed E-state index contributed by atoms with van der Waals surface area (Å²) in [5.74, 6) is 0. The van der Waals surface area contributed by atoms with Crippen LogP contribution in [0.1, 0.15) is 10.5 Å². The van der Waals surface area contributed by atoms with Gasteiger partial charge < -0.3 is 9.30 Å². The first kappa shape index (κ1) is 8.01. The predicted molar refractivity (Wildman–Crippen MR) is 41.7 cm³/mol. The second-order valence-electron chi connectivity index (χ2n) is 2.24. The summed E-state index contributed by atoms with van der Waals surface area (Å²) >= 11 is 0. The van der Waals surface area contributed by atoms with Crippen molar-refractivity contribution in [1.29, 1.82) is 0 Å². The normalized spacial score (nSPS) is 9.91. The third-order valence-corrected chi connectivity index (χ3v) is 1.52. The van der Waals surface area contributed by atoms with Crippen molar-refractivity contribution >= 4 is 6.29 Å². The lowest BCUT2D eigenvalue weighted by molar-refractivity contribution is 0.111. The Morgan fingerprint density at radius 1 is 1.73 bits per heavy atom. The summed E-state index contributed by atoms with van der Waals surface area (Å²) in [7, 11) is 1.64. The first-order valence-electron chi connectivity index (χ1n) is 3.47. The third-order valence-electron chi connectivity index (χ3n) is 1.52. The molecule has 1 aromatic heterocycles. The summed E-state index contributed by atoms with van der Waals surface area (Å²) in [6.45, 7) is 1.37. The van der Waals surface area contributed by atoms with Crippen LogP contribution in [-0.4, -0.2) is 24.6 Å². The van der Waals surface area contributed by atoms with E-state index in [0.717, 1.165) is 12.8 Å². The standard InChI is InChI=1S/C8H11NO2/c1-11-6-5-9-4-2-3-8(9)7-10/h2-4,7H,5-6H2,1H3. The van der Waals surface area contributed by atoms with Crippen molar-refractivity contribution in [3.05, 3.63) is 24.0 Å². The van der Waals surface area contributed by atoms with Crippen LogP contribution in [0, 0.1) is 0 Å². The molecule has 0 radical (unpaired) electrons. The van der Waals surface area contributed by atoms with Gasteiger partial charge in [-0.15, -0.1) is 0 Å². The summed E-state index contributed by atoms with van der Waals surface area (Å²) in [5.41, 5.74) is 0.696. The van der Waals surface area contributed by atoms with Gasteiger partial charge in [0.25, 0.3) is 0 Å². The van der Waals surface area contributed by atoms with E-state index in [-0.39, 0.29) is 0 Å². The van der Waals surface area contributed by atoms with Gasteiger partial charge in [0, 0.05) is 19.9 Å². The lowest BCUT2D eigenvalue weighted by Gasteiger charge is -2.02. The maximum Gasteiger partial charge on any atom is 0.166 e. The quantitative estimate of drug-likeness (QED) is 0.603. The third kappa shape index (κ3) is 1.91. The average Bonchev–Trinajstić information content (AvgIpc) is 2.47. The number of ether oxygens (including phenoxy) is 1. The summed E-state index contributed by atoms with van der Waals surface area (Å²) in [5, 5.41) is 0. The number of carbonyl (C=O) groups is 1. The maximum absolute atomic E-state index is 10.4. The second-order valence-corrected chi connectivity index (χ2v) is 2.24. The lowest BCUT2D eigenvalue weighted by atomic mass is 10.5. The van der Waals surface area contributed by atoms with Crippen molar-refractivity contribution in [1.82, 2.24) is 4.57 Å². The van der Waals surface area contributed by atoms with E-state index in [2.05, 4.69) is 0 Å². The molecule has 0 N–H and O–H groups in total. The molecule has 0 aliphatic carbocycles. The molecule has 60 valence electrons. The largest absolute Gasteiger partial charge is 0.383 e. The molecule has 0 aromatic carbocycles. The Kier molecular flexibility index (Phi) is 2.86. The Morgan fingerprint density at radius 2 is 2.55 bits per heavy atom. The van der Waals surface area contributed by atoms with Crippen LogP contribution in [0.5, 0.6) is 0 Å². The molecule has 1 heterocycles. The van der Waals surface area contributed by atoms with Crippen LogP contribution in [-0.2, 0) is 11.3 Å². The second kappa shape index (κ2) is 3.93. The van der Waals surface area contributed by atoms with E-state index in [1.807, 2.05) is 16.8 Å². The minimum Gasteiger partial charge on any atom is -0.383 e. The number of methoxy groups -OCH3 is 1. The van der Waals surface area contributed by atoms with Crippen molar-refractivity contribution in [3.63, 3.8) is 0 Å². The number of nitrogens with zero attached hydrogens (tertiary/aromatic N) is 1. The van der Waals surface area contributed by atoms with Gasteiger partial charge in [-0.05, 0) is 12.1 Å². The molecule has 0 bridgehead atoms. The Hall–Kier alpha value is -1.09. The van der Waals surface area contributed by atoms with Gasteiger partial charge in [-0.1, -0.05) is 0 Å². The highest BCUT2D eigenvalue weighted by Crippen LogP contribution is 1.97. The molecule has 3 nitrogen and oxygen atoms in total. The van der Waals surface area contributed by atoms with Gasteiger partial charge in [0.2, 0.25) is 0 Å². The first-order valence-corrected chi connectivity index (χ1v) is 3.47. The van der Waals surface area contributed by atoms with E-state index in [4.69, 9.17) is 4.74 Å². The highest BCUT2D eigenvalue weighted by Gasteiger charge is 1.96. The lowest BCUT2D eigenvalue weighted by Crippen LogP contribution is -2.05. The summed E-state index contributed by atoms with van der Waals surface area (Å²) in [6, 6.07) is 3.63. The van der Waals surface area contributed by atoms with Crippen molar-refractivity contribution in [3.8, 4) is 0 Å². The number of carbonyl (C=O) groups excluding carboxylic acids is 1. The fourth-order valence-corrected chi connectivity index (χ4v) is 0.928. The minimum absolute atomic E-state index is 0.634. The SMILES string of the molecule is COCCn1cccc1C=O. The smallest absolute Gasteiger partial charge is 0.166 e. The van der Waals surface area contributed by atoms with Crippen LogP contribution in [0.3, 0.4) is 0 Å². The zero-order chi connectivity index (χ0) is 8.10. The van der Waals surface area contributed by atoms with Crippen molar-refractivity contribution in [2.24, 2.45) is 0 Å². The predicted octanol–water partition coefficient (Wildman–Crippen LogP) is 0.947. The molecule has 0 fully saturated rings. The summed E-state index contributed by atoms with van der Waals surface area (Å²) < 4.78 is 6.74. The Bertz CT molecular complexity index is 230. The zero-order valence-electron chi connectivity index (χ0n) is 6.49. The molecule has 0 saturated heterocycles. The van der Waals surface area contributed by atoms with Gasteiger partial charge in [0.05, 0.1) is 12.3 Å². The van der Waals surface area contributed by atoms with Gasteiger partial charge in [-0.25, -0.2) is 0 Å². The van der Waals surface area contributed by atoms with Crippen LogP contribution >= 0.6 is 0 Å². The fourth-order valence-electron chi connectivity index (χ4n) is 0.928. The minimum atomic E-state index is 0.634. The summed E-state index contributed by atoms with van der Waals surface area (Å²) in [6.07, 6.45) is 2.71. The van der Waals surface area contributed by atoms with Crippen LogP contribution in [0.25, 0.3) is 0 Å². The number of aldehydes is 1. The molecule has 0 aliphatic rings. The van der Waals surface area contributed by atoms with Gasteiger partial charge in [-0.3, -0.25) is 4.79 Å². The molecule has 0 spiro atoms.